The van der Waals surface area contributed by atoms with Crippen molar-refractivity contribution in [1.29, 1.82) is 5.26 Å². The fourth-order valence-corrected chi connectivity index (χ4v) is 6.30. The van der Waals surface area contributed by atoms with E-state index in [0.717, 1.165) is 18.5 Å². The van der Waals surface area contributed by atoms with Gasteiger partial charge in [-0.1, -0.05) is 37.3 Å². The number of aromatic nitrogens is 2. The van der Waals surface area contributed by atoms with Crippen LogP contribution in [-0.2, 0) is 14.8 Å². The maximum Gasteiger partial charge on any atom is 0.266 e. The molecule has 10 heteroatoms. The van der Waals surface area contributed by atoms with Gasteiger partial charge in [-0.3, -0.25) is 4.79 Å². The average molecular weight is 582 g/mol. The Kier molecular flexibility index (Phi) is 8.52. The lowest BCUT2D eigenvalue weighted by molar-refractivity contribution is -0.112. The predicted molar refractivity (Wildman–Crippen MR) is 161 cm³/mol. The Morgan fingerprint density at radius 2 is 1.76 bits per heavy atom. The molecule has 214 valence electrons. The SMILES string of the molecule is COc1ccc(NC(=O)/C(C#N)=C/c2cn(-c3ccccc3)nc2-c2cccc(S(=O)(=O)N3CCC(C)CC3)c2)cc1. The zero-order valence-corrected chi connectivity index (χ0v) is 24.2. The van der Waals surface area contributed by atoms with Crippen LogP contribution in [0.2, 0.25) is 0 Å². The topological polar surface area (TPSA) is 117 Å². The van der Waals surface area contributed by atoms with Crippen LogP contribution in [0, 0.1) is 17.2 Å². The number of hydrogen-bond donors (Lipinski definition) is 1. The molecule has 0 bridgehead atoms. The zero-order chi connectivity index (χ0) is 29.7. The van der Waals surface area contributed by atoms with Crippen molar-refractivity contribution in [2.45, 2.75) is 24.7 Å². The summed E-state index contributed by atoms with van der Waals surface area (Å²) in [6, 6.07) is 24.8. The highest BCUT2D eigenvalue weighted by molar-refractivity contribution is 7.89. The number of nitrogens with zero attached hydrogens (tertiary/aromatic N) is 4. The second kappa shape index (κ2) is 12.4. The molecule has 1 aliphatic heterocycles. The Bertz CT molecular complexity index is 1750. The van der Waals surface area contributed by atoms with E-state index in [-0.39, 0.29) is 10.5 Å². The number of para-hydroxylation sites is 1. The van der Waals surface area contributed by atoms with Crippen LogP contribution in [0.4, 0.5) is 5.69 Å². The molecule has 3 aromatic carbocycles. The molecule has 0 radical (unpaired) electrons. The summed E-state index contributed by atoms with van der Waals surface area (Å²) in [5.41, 5.74) is 2.62. The number of nitriles is 1. The maximum atomic E-state index is 13.5. The van der Waals surface area contributed by atoms with E-state index < -0.39 is 15.9 Å². The van der Waals surface area contributed by atoms with E-state index in [1.54, 1.807) is 66.5 Å². The summed E-state index contributed by atoms with van der Waals surface area (Å²) < 4.78 is 35.3. The van der Waals surface area contributed by atoms with E-state index in [2.05, 4.69) is 12.2 Å². The molecule has 4 aromatic rings. The average Bonchev–Trinajstić information content (AvgIpc) is 3.45. The normalized spacial score (nSPS) is 14.7. The predicted octanol–water partition coefficient (Wildman–Crippen LogP) is 5.51. The highest BCUT2D eigenvalue weighted by atomic mass is 32.2. The monoisotopic (exact) mass is 581 g/mol. The molecule has 0 spiro atoms. The van der Waals surface area contributed by atoms with E-state index in [9.17, 15) is 18.5 Å². The minimum atomic E-state index is -3.70. The maximum absolute atomic E-state index is 13.5. The van der Waals surface area contributed by atoms with Gasteiger partial charge in [-0.05, 0) is 73.4 Å². The Hall–Kier alpha value is -4.72. The summed E-state index contributed by atoms with van der Waals surface area (Å²) in [7, 11) is -2.14. The molecule has 2 heterocycles. The minimum absolute atomic E-state index is 0.133. The van der Waals surface area contributed by atoms with Crippen molar-refractivity contribution in [3.8, 4) is 28.8 Å². The van der Waals surface area contributed by atoms with E-state index >= 15 is 0 Å². The summed E-state index contributed by atoms with van der Waals surface area (Å²) in [4.78, 5) is 13.2. The van der Waals surface area contributed by atoms with Crippen molar-refractivity contribution in [2.24, 2.45) is 5.92 Å². The number of benzene rings is 3. The number of piperidine rings is 1. The Balaban J connectivity index is 1.53. The van der Waals surface area contributed by atoms with E-state index in [0.29, 0.717) is 47.3 Å². The van der Waals surface area contributed by atoms with E-state index in [1.807, 2.05) is 36.4 Å². The molecule has 0 atom stereocenters. The molecule has 1 saturated heterocycles. The van der Waals surface area contributed by atoms with Crippen LogP contribution in [0.15, 0.2) is 95.5 Å². The molecule has 1 aromatic heterocycles. The third kappa shape index (κ3) is 6.28. The van der Waals surface area contributed by atoms with Crippen molar-refractivity contribution >= 4 is 27.7 Å². The van der Waals surface area contributed by atoms with Gasteiger partial charge in [-0.25, -0.2) is 13.1 Å². The Labute approximate surface area is 245 Å². The van der Waals surface area contributed by atoms with Crippen molar-refractivity contribution in [3.05, 3.63) is 96.2 Å². The second-order valence-electron chi connectivity index (χ2n) is 10.2. The van der Waals surface area contributed by atoms with Gasteiger partial charge in [0.05, 0.1) is 17.7 Å². The van der Waals surface area contributed by atoms with Crippen molar-refractivity contribution < 1.29 is 17.9 Å². The highest BCUT2D eigenvalue weighted by Gasteiger charge is 2.28. The Morgan fingerprint density at radius 1 is 1.05 bits per heavy atom. The molecule has 0 aliphatic carbocycles. The largest absolute Gasteiger partial charge is 0.497 e. The summed E-state index contributed by atoms with van der Waals surface area (Å²) in [5.74, 6) is 0.549. The van der Waals surface area contributed by atoms with Crippen LogP contribution in [0.3, 0.4) is 0 Å². The van der Waals surface area contributed by atoms with Crippen LogP contribution in [0.5, 0.6) is 5.75 Å². The first kappa shape index (κ1) is 28.8. The molecule has 0 saturated carbocycles. The third-order valence-corrected chi connectivity index (χ3v) is 9.16. The lowest BCUT2D eigenvalue weighted by Crippen LogP contribution is -2.37. The summed E-state index contributed by atoms with van der Waals surface area (Å²) in [6.45, 7) is 3.10. The number of anilines is 1. The molecule has 0 unspecified atom stereocenters. The van der Waals surface area contributed by atoms with Crippen LogP contribution >= 0.6 is 0 Å². The number of carbonyl (C=O) groups excluding carboxylic acids is 1. The van der Waals surface area contributed by atoms with Gasteiger partial charge in [-0.15, -0.1) is 0 Å². The van der Waals surface area contributed by atoms with Gasteiger partial charge in [0.1, 0.15) is 23.1 Å². The molecular weight excluding hydrogens is 550 g/mol. The van der Waals surface area contributed by atoms with Crippen LogP contribution in [0.1, 0.15) is 25.3 Å². The summed E-state index contributed by atoms with van der Waals surface area (Å²) in [5, 5.41) is 17.4. The number of hydrogen-bond acceptors (Lipinski definition) is 6. The second-order valence-corrected chi connectivity index (χ2v) is 12.1. The van der Waals surface area contributed by atoms with Crippen molar-refractivity contribution in [2.75, 3.05) is 25.5 Å². The van der Waals surface area contributed by atoms with Crippen molar-refractivity contribution in [1.82, 2.24) is 14.1 Å². The van der Waals surface area contributed by atoms with Gasteiger partial charge in [0.2, 0.25) is 10.0 Å². The number of methoxy groups -OCH3 is 1. The lowest BCUT2D eigenvalue weighted by atomic mass is 10.0. The van der Waals surface area contributed by atoms with Gasteiger partial charge in [0.15, 0.2) is 0 Å². The smallest absolute Gasteiger partial charge is 0.266 e. The van der Waals surface area contributed by atoms with Crippen LogP contribution in [0.25, 0.3) is 23.0 Å². The van der Waals surface area contributed by atoms with Gasteiger partial charge in [0.25, 0.3) is 5.91 Å². The standard InChI is InChI=1S/C32H31N5O4S/c1-23-15-17-36(18-16-23)42(39,40)30-10-6-7-24(20-30)31-26(22-37(35-31)28-8-4-3-5-9-28)19-25(21-33)32(38)34-27-11-13-29(41-2)14-12-27/h3-14,19-20,22-23H,15-18H2,1-2H3,(H,34,38)/b25-19+. The first-order valence-electron chi connectivity index (χ1n) is 13.6. The molecule has 5 rings (SSSR count). The van der Waals surface area contributed by atoms with Gasteiger partial charge in [0, 0.05) is 36.1 Å². The van der Waals surface area contributed by atoms with Crippen LogP contribution < -0.4 is 10.1 Å². The molecule has 1 aliphatic rings. The molecule has 1 N–H and O–H groups in total. The molecule has 9 nitrogen and oxygen atoms in total. The number of ether oxygens (including phenoxy) is 1. The molecule has 42 heavy (non-hydrogen) atoms. The number of nitrogens with one attached hydrogen (secondary N) is 1. The first-order chi connectivity index (χ1) is 20.3. The van der Waals surface area contributed by atoms with Gasteiger partial charge in [-0.2, -0.15) is 14.7 Å². The van der Waals surface area contributed by atoms with Crippen molar-refractivity contribution in [3.63, 3.8) is 0 Å². The van der Waals surface area contributed by atoms with Crippen LogP contribution in [-0.4, -0.2) is 48.6 Å². The number of amides is 1. The van der Waals surface area contributed by atoms with Gasteiger partial charge >= 0.3 is 0 Å². The molecule has 1 amide bonds. The van der Waals surface area contributed by atoms with E-state index in [1.165, 1.54) is 10.4 Å². The first-order valence-corrected chi connectivity index (χ1v) is 15.1. The fraction of sp³-hybridized carbons (Fsp3) is 0.219. The quantitative estimate of drug-likeness (QED) is 0.217. The molecule has 1 fully saturated rings. The zero-order valence-electron chi connectivity index (χ0n) is 23.4. The summed E-state index contributed by atoms with van der Waals surface area (Å²) >= 11 is 0. The highest BCUT2D eigenvalue weighted by Crippen LogP contribution is 2.30. The fourth-order valence-electron chi connectivity index (χ4n) is 4.79. The lowest BCUT2D eigenvalue weighted by Gasteiger charge is -2.29. The number of carbonyl (C=O) groups is 1. The summed E-state index contributed by atoms with van der Waals surface area (Å²) in [6.07, 6.45) is 4.83. The minimum Gasteiger partial charge on any atom is -0.497 e. The van der Waals surface area contributed by atoms with Gasteiger partial charge < -0.3 is 10.1 Å². The Morgan fingerprint density at radius 3 is 2.43 bits per heavy atom. The number of rotatable bonds is 8. The van der Waals surface area contributed by atoms with E-state index in [4.69, 9.17) is 9.84 Å². The number of sulfonamides is 1. The third-order valence-electron chi connectivity index (χ3n) is 7.26. The molecular formula is C32H31N5O4S.